The zero-order chi connectivity index (χ0) is 17.2. The molecule has 0 saturated carbocycles. The van der Waals surface area contributed by atoms with Crippen LogP contribution in [0.1, 0.15) is 6.42 Å². The number of benzene rings is 2. The molecule has 1 aliphatic heterocycles. The maximum absolute atomic E-state index is 11.4. The van der Waals surface area contributed by atoms with Gasteiger partial charge in [-0.3, -0.25) is 0 Å². The molecule has 0 amide bonds. The molecule has 1 saturated heterocycles. The topological polar surface area (TPSA) is 81.7 Å². The molecular weight excluding hydrogens is 330 g/mol. The molecule has 1 atom stereocenters. The lowest BCUT2D eigenvalue weighted by molar-refractivity contribution is -0.138. The Morgan fingerprint density at radius 2 is 1.62 bits per heavy atom. The van der Waals surface area contributed by atoms with E-state index in [9.17, 15) is 13.2 Å². The second kappa shape index (κ2) is 6.52. The van der Waals surface area contributed by atoms with E-state index >= 15 is 0 Å². The molecule has 0 spiro atoms. The molecule has 2 aromatic carbocycles. The molecule has 0 bridgehead atoms. The summed E-state index contributed by atoms with van der Waals surface area (Å²) in [5, 5.41) is 3.11. The van der Waals surface area contributed by atoms with Gasteiger partial charge in [0, 0.05) is 18.4 Å². The molecule has 7 heteroatoms. The first-order valence-corrected chi connectivity index (χ1v) is 9.32. The highest BCUT2D eigenvalue weighted by molar-refractivity contribution is 7.90. The third-order valence-corrected chi connectivity index (χ3v) is 4.75. The average Bonchev–Trinajstić information content (AvgIpc) is 2.94. The fourth-order valence-electron chi connectivity index (χ4n) is 2.34. The van der Waals surface area contributed by atoms with E-state index in [1.807, 2.05) is 12.1 Å². The molecule has 0 radical (unpaired) electrons. The van der Waals surface area contributed by atoms with Crippen molar-refractivity contribution in [3.05, 3.63) is 48.5 Å². The van der Waals surface area contributed by atoms with Crippen LogP contribution >= 0.6 is 0 Å². The highest BCUT2D eigenvalue weighted by atomic mass is 32.2. The van der Waals surface area contributed by atoms with Crippen LogP contribution in [0.25, 0.3) is 0 Å². The van der Waals surface area contributed by atoms with Crippen LogP contribution in [0.3, 0.4) is 0 Å². The summed E-state index contributed by atoms with van der Waals surface area (Å²) in [7, 11) is -3.22. The van der Waals surface area contributed by atoms with Gasteiger partial charge in [0.1, 0.15) is 17.5 Å². The summed E-state index contributed by atoms with van der Waals surface area (Å²) in [6.45, 7) is 0.446. The molecule has 0 aromatic heterocycles. The predicted octanol–water partition coefficient (Wildman–Crippen LogP) is 2.61. The number of cyclic esters (lactones) is 1. The molecule has 1 N–H and O–H groups in total. The van der Waals surface area contributed by atoms with Crippen molar-refractivity contribution in [2.45, 2.75) is 17.4 Å². The van der Waals surface area contributed by atoms with Crippen molar-refractivity contribution in [1.82, 2.24) is 0 Å². The number of rotatable bonds is 5. The zero-order valence-electron chi connectivity index (χ0n) is 13.1. The van der Waals surface area contributed by atoms with Crippen LogP contribution in [-0.4, -0.2) is 33.3 Å². The average molecular weight is 347 g/mol. The lowest BCUT2D eigenvalue weighted by Crippen LogP contribution is -2.24. The summed E-state index contributed by atoms with van der Waals surface area (Å²) in [5.41, 5.74) is 0.804. The Bertz CT molecular complexity index is 828. The van der Waals surface area contributed by atoms with E-state index in [2.05, 4.69) is 5.32 Å². The van der Waals surface area contributed by atoms with Gasteiger partial charge in [-0.1, -0.05) is 0 Å². The first-order chi connectivity index (χ1) is 11.4. The third-order valence-electron chi connectivity index (χ3n) is 3.62. The summed E-state index contributed by atoms with van der Waals surface area (Å²) in [6.07, 6.45) is 1.82. The number of carbonyl (C=O) groups is 1. The number of carbonyl (C=O) groups excluding carboxylic acids is 1. The standard InChI is InChI=1S/C17H17NO5S/c1-24(20,21)15-8-6-14(7-9-15)23-13-4-2-12(3-5-13)18-16-10-11-22-17(16)19/h2-9,16,18H,10-11H2,1H3/t16-/m1/s1. The second-order valence-electron chi connectivity index (χ2n) is 5.52. The summed E-state index contributed by atoms with van der Waals surface area (Å²) in [6, 6.07) is 13.1. The number of esters is 1. The smallest absolute Gasteiger partial charge is 0.328 e. The third kappa shape index (κ3) is 3.86. The van der Waals surface area contributed by atoms with Gasteiger partial charge in [0.25, 0.3) is 0 Å². The van der Waals surface area contributed by atoms with Crippen molar-refractivity contribution < 1.29 is 22.7 Å². The van der Waals surface area contributed by atoms with Crippen molar-refractivity contribution in [3.8, 4) is 11.5 Å². The fourth-order valence-corrected chi connectivity index (χ4v) is 2.97. The number of ether oxygens (including phenoxy) is 2. The van der Waals surface area contributed by atoms with Gasteiger partial charge in [-0.2, -0.15) is 0 Å². The van der Waals surface area contributed by atoms with E-state index in [1.54, 1.807) is 24.3 Å². The number of sulfone groups is 1. The van der Waals surface area contributed by atoms with Gasteiger partial charge in [-0.15, -0.1) is 0 Å². The minimum absolute atomic E-state index is 0.235. The van der Waals surface area contributed by atoms with Crippen LogP contribution in [0.2, 0.25) is 0 Å². The molecule has 6 nitrogen and oxygen atoms in total. The SMILES string of the molecule is CS(=O)(=O)c1ccc(Oc2ccc(N[C@@H]3CCOC3=O)cc2)cc1. The summed E-state index contributed by atoms with van der Waals surface area (Å²) in [4.78, 5) is 11.7. The van der Waals surface area contributed by atoms with Gasteiger partial charge in [-0.05, 0) is 48.5 Å². The van der Waals surface area contributed by atoms with Crippen LogP contribution in [0.5, 0.6) is 11.5 Å². The molecule has 3 rings (SSSR count). The van der Waals surface area contributed by atoms with Gasteiger partial charge in [0.15, 0.2) is 9.84 Å². The maximum Gasteiger partial charge on any atom is 0.328 e. The van der Waals surface area contributed by atoms with E-state index in [-0.39, 0.29) is 16.9 Å². The monoisotopic (exact) mass is 347 g/mol. The Labute approximate surface area is 140 Å². The van der Waals surface area contributed by atoms with Gasteiger partial charge in [-0.25, -0.2) is 13.2 Å². The van der Waals surface area contributed by atoms with Crippen LogP contribution in [0, 0.1) is 0 Å². The van der Waals surface area contributed by atoms with E-state index in [0.29, 0.717) is 24.5 Å². The van der Waals surface area contributed by atoms with Crippen molar-refractivity contribution >= 4 is 21.5 Å². The van der Waals surface area contributed by atoms with Gasteiger partial charge < -0.3 is 14.8 Å². The molecule has 1 aliphatic rings. The highest BCUT2D eigenvalue weighted by Gasteiger charge is 2.25. The second-order valence-corrected chi connectivity index (χ2v) is 7.54. The van der Waals surface area contributed by atoms with Gasteiger partial charge >= 0.3 is 5.97 Å². The van der Waals surface area contributed by atoms with Gasteiger partial charge in [0.05, 0.1) is 11.5 Å². The van der Waals surface area contributed by atoms with Crippen LogP contribution in [0.4, 0.5) is 5.69 Å². The molecule has 24 heavy (non-hydrogen) atoms. The first kappa shape index (κ1) is 16.3. The highest BCUT2D eigenvalue weighted by Crippen LogP contribution is 2.25. The van der Waals surface area contributed by atoms with Crippen molar-refractivity contribution in [3.63, 3.8) is 0 Å². The van der Waals surface area contributed by atoms with E-state index in [1.165, 1.54) is 12.1 Å². The zero-order valence-corrected chi connectivity index (χ0v) is 13.9. The number of hydrogen-bond donors (Lipinski definition) is 1. The van der Waals surface area contributed by atoms with Crippen LogP contribution < -0.4 is 10.1 Å². The Balaban J connectivity index is 1.64. The lowest BCUT2D eigenvalue weighted by Gasteiger charge is -2.11. The van der Waals surface area contributed by atoms with Crippen LogP contribution in [-0.2, 0) is 19.4 Å². The lowest BCUT2D eigenvalue weighted by atomic mass is 10.2. The summed E-state index contributed by atoms with van der Waals surface area (Å²) >= 11 is 0. The first-order valence-electron chi connectivity index (χ1n) is 7.43. The number of hydrogen-bond acceptors (Lipinski definition) is 6. The molecule has 1 heterocycles. The molecule has 0 aliphatic carbocycles. The van der Waals surface area contributed by atoms with Gasteiger partial charge in [0.2, 0.25) is 0 Å². The molecule has 0 unspecified atom stereocenters. The Hall–Kier alpha value is -2.54. The van der Waals surface area contributed by atoms with E-state index in [0.717, 1.165) is 11.9 Å². The molecular formula is C17H17NO5S. The van der Waals surface area contributed by atoms with Crippen LogP contribution in [0.15, 0.2) is 53.4 Å². The number of anilines is 1. The van der Waals surface area contributed by atoms with Crippen molar-refractivity contribution in [1.29, 1.82) is 0 Å². The Kier molecular flexibility index (Phi) is 4.44. The quantitative estimate of drug-likeness (QED) is 0.837. The molecule has 1 fully saturated rings. The van der Waals surface area contributed by atoms with E-state index in [4.69, 9.17) is 9.47 Å². The summed E-state index contributed by atoms with van der Waals surface area (Å²) < 4.78 is 33.4. The summed E-state index contributed by atoms with van der Waals surface area (Å²) in [5.74, 6) is 0.922. The predicted molar refractivity (Wildman–Crippen MR) is 89.1 cm³/mol. The van der Waals surface area contributed by atoms with Crippen molar-refractivity contribution in [2.75, 3.05) is 18.2 Å². The Morgan fingerprint density at radius 1 is 1.04 bits per heavy atom. The van der Waals surface area contributed by atoms with Crippen molar-refractivity contribution in [2.24, 2.45) is 0 Å². The number of nitrogens with one attached hydrogen (secondary N) is 1. The molecule has 2 aromatic rings. The minimum atomic E-state index is -3.22. The fraction of sp³-hybridized carbons (Fsp3) is 0.235. The minimum Gasteiger partial charge on any atom is -0.464 e. The normalized spacial score (nSPS) is 17.4. The Morgan fingerprint density at radius 3 is 2.12 bits per heavy atom. The largest absolute Gasteiger partial charge is 0.464 e. The molecule has 126 valence electrons. The maximum atomic E-state index is 11.4. The van der Waals surface area contributed by atoms with E-state index < -0.39 is 9.84 Å².